The van der Waals surface area contributed by atoms with Crippen molar-refractivity contribution in [2.45, 2.75) is 12.8 Å². The van der Waals surface area contributed by atoms with Gasteiger partial charge >= 0.3 is 0 Å². The summed E-state index contributed by atoms with van der Waals surface area (Å²) in [5, 5.41) is 5.54. The molecule has 168 valence electrons. The number of carbonyl (C=O) groups excluding carboxylic acids is 3. The van der Waals surface area contributed by atoms with E-state index in [4.69, 9.17) is 14.2 Å². The Morgan fingerprint density at radius 2 is 1.84 bits per heavy atom. The molecule has 9 nitrogen and oxygen atoms in total. The molecule has 2 aliphatic heterocycles. The summed E-state index contributed by atoms with van der Waals surface area (Å²) >= 11 is 0. The van der Waals surface area contributed by atoms with Gasteiger partial charge in [0.05, 0.1) is 13.0 Å². The summed E-state index contributed by atoms with van der Waals surface area (Å²) in [6.45, 7) is 1.46. The summed E-state index contributed by atoms with van der Waals surface area (Å²) in [4.78, 5) is 38.7. The van der Waals surface area contributed by atoms with Crippen LogP contribution in [0.25, 0.3) is 0 Å². The lowest BCUT2D eigenvalue weighted by Gasteiger charge is -2.19. The first-order valence-electron chi connectivity index (χ1n) is 10.4. The summed E-state index contributed by atoms with van der Waals surface area (Å²) in [6.07, 6.45) is 0.254. The topological polar surface area (TPSA) is 106 Å². The van der Waals surface area contributed by atoms with Gasteiger partial charge in [-0.1, -0.05) is 0 Å². The molecule has 2 aromatic carbocycles. The van der Waals surface area contributed by atoms with Gasteiger partial charge in [-0.3, -0.25) is 14.4 Å². The normalized spacial score (nSPS) is 17.1. The molecule has 1 saturated heterocycles. The maximum absolute atomic E-state index is 12.5. The highest BCUT2D eigenvalue weighted by Gasteiger charge is 2.35. The lowest BCUT2D eigenvalue weighted by molar-refractivity contribution is -0.126. The number of hydrogen-bond acceptors (Lipinski definition) is 6. The average Bonchev–Trinajstić information content (AvgIpc) is 3.20. The molecule has 2 heterocycles. The number of rotatable bonds is 7. The summed E-state index contributed by atoms with van der Waals surface area (Å²) in [5.74, 6) is 0.915. The van der Waals surface area contributed by atoms with E-state index in [2.05, 4.69) is 10.6 Å². The fraction of sp³-hybridized carbons (Fsp3) is 0.348. The molecule has 3 amide bonds. The number of anilines is 2. The highest BCUT2D eigenvalue weighted by molar-refractivity contribution is 6.00. The number of fused-ring (bicyclic) bond motifs is 1. The Hall–Kier alpha value is -3.75. The van der Waals surface area contributed by atoms with Crippen molar-refractivity contribution >= 4 is 29.1 Å². The molecule has 0 bridgehead atoms. The minimum Gasteiger partial charge on any atom is -0.497 e. The molecule has 0 radical (unpaired) electrons. The van der Waals surface area contributed by atoms with E-state index >= 15 is 0 Å². The number of amides is 3. The Kier molecular flexibility index (Phi) is 6.44. The molecule has 2 aromatic rings. The minimum atomic E-state index is -0.453. The maximum Gasteiger partial charge on any atom is 0.227 e. The fourth-order valence-electron chi connectivity index (χ4n) is 3.68. The van der Waals surface area contributed by atoms with Crippen LogP contribution in [0, 0.1) is 5.92 Å². The van der Waals surface area contributed by atoms with Crippen LogP contribution in [0.15, 0.2) is 42.5 Å². The minimum absolute atomic E-state index is 0.105. The molecular weight excluding hydrogens is 414 g/mol. The fourth-order valence-corrected chi connectivity index (χ4v) is 3.68. The molecule has 32 heavy (non-hydrogen) atoms. The van der Waals surface area contributed by atoms with E-state index in [1.54, 1.807) is 54.5 Å². The first kappa shape index (κ1) is 21.5. The second kappa shape index (κ2) is 9.59. The number of benzene rings is 2. The summed E-state index contributed by atoms with van der Waals surface area (Å²) < 4.78 is 16.1. The van der Waals surface area contributed by atoms with E-state index in [0.717, 1.165) is 5.69 Å². The van der Waals surface area contributed by atoms with E-state index in [1.165, 1.54) is 0 Å². The molecule has 0 aliphatic carbocycles. The molecule has 1 atom stereocenters. The van der Waals surface area contributed by atoms with Gasteiger partial charge in [-0.05, 0) is 36.4 Å². The predicted molar refractivity (Wildman–Crippen MR) is 117 cm³/mol. The van der Waals surface area contributed by atoms with E-state index < -0.39 is 5.92 Å². The number of nitrogens with one attached hydrogen (secondary N) is 2. The van der Waals surface area contributed by atoms with Crippen molar-refractivity contribution in [1.29, 1.82) is 0 Å². The zero-order valence-corrected chi connectivity index (χ0v) is 17.8. The van der Waals surface area contributed by atoms with Crippen molar-refractivity contribution in [3.05, 3.63) is 42.5 Å². The van der Waals surface area contributed by atoms with Crippen LogP contribution in [-0.4, -0.2) is 51.1 Å². The van der Waals surface area contributed by atoms with Crippen LogP contribution < -0.4 is 29.7 Å². The SMILES string of the molecule is COc1ccc(N2C[C@@H](C(=O)NCCC(=O)Nc3ccc4c(c3)OCCO4)CC2=O)cc1. The number of ether oxygens (including phenoxy) is 3. The number of methoxy groups -OCH3 is 1. The molecule has 2 aliphatic rings. The first-order valence-corrected chi connectivity index (χ1v) is 10.4. The van der Waals surface area contributed by atoms with Crippen molar-refractivity contribution < 1.29 is 28.6 Å². The second-order valence-electron chi connectivity index (χ2n) is 7.55. The van der Waals surface area contributed by atoms with Gasteiger partial charge in [-0.2, -0.15) is 0 Å². The van der Waals surface area contributed by atoms with Crippen LogP contribution in [0.1, 0.15) is 12.8 Å². The number of nitrogens with zero attached hydrogens (tertiary/aromatic N) is 1. The van der Waals surface area contributed by atoms with E-state index in [0.29, 0.717) is 42.7 Å². The van der Waals surface area contributed by atoms with E-state index in [9.17, 15) is 14.4 Å². The van der Waals surface area contributed by atoms with Crippen molar-refractivity contribution in [3.63, 3.8) is 0 Å². The third-order valence-electron chi connectivity index (χ3n) is 5.36. The van der Waals surface area contributed by atoms with Crippen molar-refractivity contribution in [3.8, 4) is 17.2 Å². The average molecular weight is 439 g/mol. The summed E-state index contributed by atoms with van der Waals surface area (Å²) in [6, 6.07) is 12.3. The Labute approximate surface area is 185 Å². The van der Waals surface area contributed by atoms with Gasteiger partial charge in [0.2, 0.25) is 17.7 Å². The van der Waals surface area contributed by atoms with Gasteiger partial charge in [0, 0.05) is 43.4 Å². The van der Waals surface area contributed by atoms with Gasteiger partial charge in [-0.25, -0.2) is 0 Å². The Balaban J connectivity index is 1.23. The molecule has 4 rings (SSSR count). The highest BCUT2D eigenvalue weighted by atomic mass is 16.6. The lowest BCUT2D eigenvalue weighted by atomic mass is 10.1. The van der Waals surface area contributed by atoms with Crippen LogP contribution in [0.2, 0.25) is 0 Å². The third-order valence-corrected chi connectivity index (χ3v) is 5.36. The van der Waals surface area contributed by atoms with Crippen LogP contribution >= 0.6 is 0 Å². The molecule has 0 saturated carbocycles. The zero-order valence-electron chi connectivity index (χ0n) is 17.8. The van der Waals surface area contributed by atoms with E-state index in [1.807, 2.05) is 0 Å². The summed E-state index contributed by atoms with van der Waals surface area (Å²) in [5.41, 5.74) is 1.33. The first-order chi connectivity index (χ1) is 15.5. The van der Waals surface area contributed by atoms with Gasteiger partial charge in [0.25, 0.3) is 0 Å². The summed E-state index contributed by atoms with van der Waals surface area (Å²) in [7, 11) is 1.58. The van der Waals surface area contributed by atoms with Gasteiger partial charge in [-0.15, -0.1) is 0 Å². The molecule has 0 unspecified atom stereocenters. The maximum atomic E-state index is 12.5. The van der Waals surface area contributed by atoms with Crippen LogP contribution in [0.5, 0.6) is 17.2 Å². The van der Waals surface area contributed by atoms with Crippen molar-refractivity contribution in [2.24, 2.45) is 5.92 Å². The Morgan fingerprint density at radius 1 is 1.09 bits per heavy atom. The number of hydrogen-bond donors (Lipinski definition) is 2. The van der Waals surface area contributed by atoms with Crippen LogP contribution in [0.4, 0.5) is 11.4 Å². The van der Waals surface area contributed by atoms with Crippen molar-refractivity contribution in [1.82, 2.24) is 5.32 Å². The lowest BCUT2D eigenvalue weighted by Crippen LogP contribution is -2.34. The zero-order chi connectivity index (χ0) is 22.5. The molecule has 9 heteroatoms. The standard InChI is InChI=1S/C23H25N3O6/c1-30-18-5-3-17(4-6-18)26-14-15(12-22(26)28)23(29)24-9-8-21(27)25-16-2-7-19-20(13-16)32-11-10-31-19/h2-7,13,15H,8-12,14H2,1H3,(H,24,29)(H,25,27)/t15-/m0/s1. The smallest absolute Gasteiger partial charge is 0.227 e. The number of carbonyl (C=O) groups is 3. The van der Waals surface area contributed by atoms with Gasteiger partial charge < -0.3 is 29.7 Å². The largest absolute Gasteiger partial charge is 0.497 e. The van der Waals surface area contributed by atoms with Crippen molar-refractivity contribution in [2.75, 3.05) is 43.6 Å². The quantitative estimate of drug-likeness (QED) is 0.683. The van der Waals surface area contributed by atoms with Crippen LogP contribution in [-0.2, 0) is 14.4 Å². The Morgan fingerprint density at radius 3 is 2.59 bits per heavy atom. The molecule has 2 N–H and O–H groups in total. The third kappa shape index (κ3) is 4.93. The highest BCUT2D eigenvalue weighted by Crippen LogP contribution is 2.32. The molecular formula is C23H25N3O6. The Bertz CT molecular complexity index is 1010. The predicted octanol–water partition coefficient (Wildman–Crippen LogP) is 1.96. The van der Waals surface area contributed by atoms with E-state index in [-0.39, 0.29) is 37.1 Å². The molecule has 0 spiro atoms. The second-order valence-corrected chi connectivity index (χ2v) is 7.55. The molecule has 1 fully saturated rings. The van der Waals surface area contributed by atoms with Gasteiger partial charge in [0.15, 0.2) is 11.5 Å². The van der Waals surface area contributed by atoms with Crippen LogP contribution in [0.3, 0.4) is 0 Å². The van der Waals surface area contributed by atoms with Gasteiger partial charge in [0.1, 0.15) is 19.0 Å². The molecule has 0 aromatic heterocycles. The monoisotopic (exact) mass is 439 g/mol.